The first-order valence-electron chi connectivity index (χ1n) is 10.4. The van der Waals surface area contributed by atoms with Crippen molar-refractivity contribution < 1.29 is 9.53 Å². The number of nitriles is 1. The number of carbonyl (C=O) groups is 1. The van der Waals surface area contributed by atoms with Gasteiger partial charge in [-0.2, -0.15) is 10.4 Å². The summed E-state index contributed by atoms with van der Waals surface area (Å²) in [4.78, 5) is 13.3. The molecule has 1 atom stereocenters. The van der Waals surface area contributed by atoms with Crippen molar-refractivity contribution in [2.75, 3.05) is 6.61 Å². The van der Waals surface area contributed by atoms with Gasteiger partial charge in [0.2, 0.25) is 0 Å². The van der Waals surface area contributed by atoms with Gasteiger partial charge in [0.25, 0.3) is 0 Å². The third-order valence-corrected chi connectivity index (χ3v) is 5.69. The zero-order chi connectivity index (χ0) is 19.7. The molecule has 4 rings (SSSR count). The lowest BCUT2D eigenvalue weighted by atomic mass is 9.97. The Morgan fingerprint density at radius 1 is 1.29 bits per heavy atom. The Bertz CT molecular complexity index is 895. The highest BCUT2D eigenvalue weighted by Crippen LogP contribution is 2.47. The van der Waals surface area contributed by atoms with Crippen LogP contribution >= 0.6 is 0 Å². The number of benzene rings is 1. The van der Waals surface area contributed by atoms with E-state index in [1.165, 1.54) is 0 Å². The van der Waals surface area contributed by atoms with E-state index in [0.717, 1.165) is 61.2 Å². The lowest BCUT2D eigenvalue weighted by Crippen LogP contribution is -2.16. The summed E-state index contributed by atoms with van der Waals surface area (Å²) in [6.07, 6.45) is 5.90. The molecule has 1 aliphatic heterocycles. The van der Waals surface area contributed by atoms with Crippen LogP contribution in [-0.2, 0) is 4.74 Å². The van der Waals surface area contributed by atoms with Crippen LogP contribution in [0.4, 0.5) is 0 Å². The van der Waals surface area contributed by atoms with Gasteiger partial charge in [-0.15, -0.1) is 0 Å². The van der Waals surface area contributed by atoms with Gasteiger partial charge in [-0.1, -0.05) is 12.1 Å². The van der Waals surface area contributed by atoms with Gasteiger partial charge in [0.1, 0.15) is 5.69 Å². The number of ketones is 1. The number of hydrogen-bond acceptors (Lipinski definition) is 4. The maximum absolute atomic E-state index is 13.3. The minimum atomic E-state index is 0.117. The van der Waals surface area contributed by atoms with Gasteiger partial charge in [-0.3, -0.25) is 9.48 Å². The number of hydrogen-bond donors (Lipinski definition) is 0. The maximum atomic E-state index is 13.3. The minimum absolute atomic E-state index is 0.117. The summed E-state index contributed by atoms with van der Waals surface area (Å²) in [6, 6.07) is 9.80. The average Bonchev–Trinajstić information content (AvgIpc) is 3.25. The van der Waals surface area contributed by atoms with Gasteiger partial charge < -0.3 is 4.74 Å². The molecule has 146 valence electrons. The third-order valence-electron chi connectivity index (χ3n) is 5.69. The predicted molar refractivity (Wildman–Crippen MR) is 107 cm³/mol. The molecular formula is C23H27N3O2. The van der Waals surface area contributed by atoms with Crippen LogP contribution in [0.25, 0.3) is 11.3 Å². The van der Waals surface area contributed by atoms with Gasteiger partial charge in [0.05, 0.1) is 23.4 Å². The standard InChI is InChI=1S/C23H27N3O2/c1-15(2)26-23(20(27)12-11-19-4-3-13-28-19)21(17-9-10-17)22(25-26)18-7-5-16(14-24)6-8-18/h5-8,15,17,19H,3-4,9-13H2,1-2H3. The van der Waals surface area contributed by atoms with Crippen LogP contribution in [-0.4, -0.2) is 28.3 Å². The van der Waals surface area contributed by atoms with E-state index in [0.29, 0.717) is 17.9 Å². The molecule has 0 N–H and O–H groups in total. The van der Waals surface area contributed by atoms with Crippen LogP contribution in [0.15, 0.2) is 24.3 Å². The summed E-state index contributed by atoms with van der Waals surface area (Å²) in [7, 11) is 0. The molecule has 1 aromatic carbocycles. The number of Topliss-reactive ketones (excluding diaryl/α,β-unsaturated/α-hetero) is 1. The number of ether oxygens (including phenoxy) is 1. The van der Waals surface area contributed by atoms with Crippen LogP contribution in [0.1, 0.15) is 85.9 Å². The molecule has 0 amide bonds. The molecule has 2 aromatic rings. The van der Waals surface area contributed by atoms with Crippen molar-refractivity contribution in [2.24, 2.45) is 0 Å². The summed E-state index contributed by atoms with van der Waals surface area (Å²) in [5, 5.41) is 13.9. The van der Waals surface area contributed by atoms with Crippen LogP contribution < -0.4 is 0 Å². The molecule has 28 heavy (non-hydrogen) atoms. The summed E-state index contributed by atoms with van der Waals surface area (Å²) in [5.74, 6) is 0.596. The molecule has 1 aliphatic carbocycles. The predicted octanol–water partition coefficient (Wildman–Crippen LogP) is 5.02. The molecule has 1 saturated carbocycles. The molecule has 2 aliphatic rings. The Kier molecular flexibility index (Phi) is 5.32. The highest BCUT2D eigenvalue weighted by Gasteiger charge is 2.36. The molecule has 0 spiro atoms. The summed E-state index contributed by atoms with van der Waals surface area (Å²) in [5.41, 5.74) is 4.41. The van der Waals surface area contributed by atoms with E-state index in [1.807, 2.05) is 28.9 Å². The molecule has 0 bridgehead atoms. The van der Waals surface area contributed by atoms with Gasteiger partial charge in [-0.25, -0.2) is 0 Å². The fourth-order valence-corrected chi connectivity index (χ4v) is 4.06. The van der Waals surface area contributed by atoms with Crippen LogP contribution in [0, 0.1) is 11.3 Å². The second kappa shape index (κ2) is 7.89. The second-order valence-electron chi connectivity index (χ2n) is 8.21. The molecule has 5 heteroatoms. The van der Waals surface area contributed by atoms with Crippen molar-refractivity contribution in [2.45, 2.75) is 70.4 Å². The summed E-state index contributed by atoms with van der Waals surface area (Å²) < 4.78 is 7.62. The molecule has 1 unspecified atom stereocenters. The van der Waals surface area contributed by atoms with Gasteiger partial charge in [-0.05, 0) is 64.0 Å². The van der Waals surface area contributed by atoms with E-state index in [-0.39, 0.29) is 17.9 Å². The van der Waals surface area contributed by atoms with E-state index in [9.17, 15) is 4.79 Å². The van der Waals surface area contributed by atoms with Gasteiger partial charge in [0, 0.05) is 30.2 Å². The number of carbonyl (C=O) groups excluding carboxylic acids is 1. The molecule has 2 heterocycles. The van der Waals surface area contributed by atoms with Crippen molar-refractivity contribution in [3.05, 3.63) is 41.1 Å². The molecular weight excluding hydrogens is 350 g/mol. The van der Waals surface area contributed by atoms with E-state index in [4.69, 9.17) is 15.1 Å². The molecule has 1 saturated heterocycles. The normalized spacial score (nSPS) is 19.1. The SMILES string of the molecule is CC(C)n1nc(-c2ccc(C#N)cc2)c(C2CC2)c1C(=O)CCC1CCCO1. The highest BCUT2D eigenvalue weighted by atomic mass is 16.5. The van der Waals surface area contributed by atoms with Crippen molar-refractivity contribution in [1.82, 2.24) is 9.78 Å². The maximum Gasteiger partial charge on any atom is 0.181 e. The fourth-order valence-electron chi connectivity index (χ4n) is 4.06. The van der Waals surface area contributed by atoms with Crippen molar-refractivity contribution in [3.63, 3.8) is 0 Å². The van der Waals surface area contributed by atoms with Crippen molar-refractivity contribution in [3.8, 4) is 17.3 Å². The minimum Gasteiger partial charge on any atom is -0.378 e. The van der Waals surface area contributed by atoms with Crippen molar-refractivity contribution >= 4 is 5.78 Å². The first kappa shape index (κ1) is 18.9. The topological polar surface area (TPSA) is 67.9 Å². The molecule has 1 aromatic heterocycles. The smallest absolute Gasteiger partial charge is 0.181 e. The van der Waals surface area contributed by atoms with E-state index in [2.05, 4.69) is 19.9 Å². The van der Waals surface area contributed by atoms with E-state index in [1.54, 1.807) is 0 Å². The lowest BCUT2D eigenvalue weighted by molar-refractivity contribution is 0.0850. The average molecular weight is 377 g/mol. The van der Waals surface area contributed by atoms with E-state index < -0.39 is 0 Å². The first-order valence-corrected chi connectivity index (χ1v) is 10.4. The fraction of sp³-hybridized carbons (Fsp3) is 0.522. The van der Waals surface area contributed by atoms with Crippen LogP contribution in [0.5, 0.6) is 0 Å². The number of nitrogens with zero attached hydrogens (tertiary/aromatic N) is 3. The molecule has 0 radical (unpaired) electrons. The Hall–Kier alpha value is -2.45. The number of aromatic nitrogens is 2. The Morgan fingerprint density at radius 3 is 2.61 bits per heavy atom. The largest absolute Gasteiger partial charge is 0.378 e. The van der Waals surface area contributed by atoms with Gasteiger partial charge in [0.15, 0.2) is 5.78 Å². The van der Waals surface area contributed by atoms with Crippen LogP contribution in [0.2, 0.25) is 0 Å². The second-order valence-corrected chi connectivity index (χ2v) is 8.21. The summed E-state index contributed by atoms with van der Waals surface area (Å²) >= 11 is 0. The van der Waals surface area contributed by atoms with Crippen LogP contribution in [0.3, 0.4) is 0 Å². The summed E-state index contributed by atoms with van der Waals surface area (Å²) in [6.45, 7) is 4.96. The Balaban J connectivity index is 1.70. The Labute approximate surface area is 166 Å². The number of rotatable bonds is 7. The quantitative estimate of drug-likeness (QED) is 0.635. The first-order chi connectivity index (χ1) is 13.6. The lowest BCUT2D eigenvalue weighted by Gasteiger charge is -2.13. The third kappa shape index (κ3) is 3.74. The van der Waals surface area contributed by atoms with Crippen molar-refractivity contribution in [1.29, 1.82) is 5.26 Å². The van der Waals surface area contributed by atoms with E-state index >= 15 is 0 Å². The molecule has 5 nitrogen and oxygen atoms in total. The Morgan fingerprint density at radius 2 is 2.04 bits per heavy atom. The van der Waals surface area contributed by atoms with Gasteiger partial charge >= 0.3 is 0 Å². The zero-order valence-electron chi connectivity index (χ0n) is 16.6. The highest BCUT2D eigenvalue weighted by molar-refractivity contribution is 5.98. The monoisotopic (exact) mass is 377 g/mol. The zero-order valence-corrected chi connectivity index (χ0v) is 16.6. The molecule has 2 fully saturated rings.